The number of hydrazone groups is 1. The Morgan fingerprint density at radius 1 is 1.13 bits per heavy atom. The Morgan fingerprint density at radius 2 is 1.94 bits per heavy atom. The summed E-state index contributed by atoms with van der Waals surface area (Å²) in [7, 11) is 0. The van der Waals surface area contributed by atoms with Crippen LogP contribution in [-0.4, -0.2) is 27.0 Å². The number of hydrogen-bond donors (Lipinski definition) is 1. The lowest BCUT2D eigenvalue weighted by Gasteiger charge is -2.20. The fourth-order valence-corrected chi connectivity index (χ4v) is 3.60. The Kier molecular flexibility index (Phi) is 6.02. The van der Waals surface area contributed by atoms with E-state index in [4.69, 9.17) is 9.47 Å². The van der Waals surface area contributed by atoms with Gasteiger partial charge in [0.25, 0.3) is 0 Å². The molecule has 160 valence electrons. The number of amides is 1. The Labute approximate surface area is 181 Å². The van der Waals surface area contributed by atoms with Gasteiger partial charge in [0, 0.05) is 24.6 Å². The monoisotopic (exact) mass is 418 g/mol. The van der Waals surface area contributed by atoms with Crippen LogP contribution in [0.5, 0.6) is 5.75 Å². The Balaban J connectivity index is 1.45. The van der Waals surface area contributed by atoms with E-state index in [0.717, 1.165) is 34.5 Å². The Bertz CT molecular complexity index is 1070. The van der Waals surface area contributed by atoms with Gasteiger partial charge in [-0.15, -0.1) is 5.10 Å². The van der Waals surface area contributed by atoms with Crippen LogP contribution in [0, 0.1) is 13.8 Å². The van der Waals surface area contributed by atoms with Crippen molar-refractivity contribution in [2.45, 2.75) is 46.4 Å². The maximum Gasteiger partial charge on any atom is 0.243 e. The van der Waals surface area contributed by atoms with E-state index in [1.165, 1.54) is 11.9 Å². The van der Waals surface area contributed by atoms with Crippen molar-refractivity contribution in [3.8, 4) is 5.75 Å². The van der Waals surface area contributed by atoms with E-state index in [0.29, 0.717) is 24.7 Å². The molecule has 2 aromatic carbocycles. The highest BCUT2D eigenvalue weighted by Gasteiger charge is 2.32. The first-order valence-corrected chi connectivity index (χ1v) is 10.3. The summed E-state index contributed by atoms with van der Waals surface area (Å²) in [5, 5.41) is 13.1. The minimum Gasteiger partial charge on any atom is -0.489 e. The highest BCUT2D eigenvalue weighted by molar-refractivity contribution is 5.83. The Hall–Kier alpha value is -3.61. The first-order chi connectivity index (χ1) is 15.0. The zero-order valence-corrected chi connectivity index (χ0v) is 18.0. The molecule has 1 amide bonds. The van der Waals surface area contributed by atoms with E-state index < -0.39 is 6.23 Å². The second-order valence-corrected chi connectivity index (χ2v) is 7.59. The van der Waals surface area contributed by atoms with Crippen molar-refractivity contribution < 1.29 is 14.3 Å². The average molecular weight is 418 g/mol. The Morgan fingerprint density at radius 3 is 2.65 bits per heavy atom. The predicted octanol–water partition coefficient (Wildman–Crippen LogP) is 4.43. The van der Waals surface area contributed by atoms with Crippen LogP contribution in [0.25, 0.3) is 0 Å². The number of hydrogen-bond acceptors (Lipinski definition) is 5. The minimum atomic E-state index is -0.598. The van der Waals surface area contributed by atoms with Crippen molar-refractivity contribution >= 4 is 11.8 Å². The molecule has 1 aliphatic rings. The summed E-state index contributed by atoms with van der Waals surface area (Å²) in [6.45, 7) is 5.93. The number of aryl methyl sites for hydroxylation is 2. The summed E-state index contributed by atoms with van der Waals surface area (Å²) in [4.78, 5) is 12.2. The molecule has 0 saturated heterocycles. The molecular formula is C24H26N4O3. The van der Waals surface area contributed by atoms with Gasteiger partial charge in [-0.2, -0.15) is 10.1 Å². The number of nitrogens with one attached hydrogen (secondary N) is 1. The van der Waals surface area contributed by atoms with Crippen LogP contribution in [0.4, 0.5) is 0 Å². The van der Waals surface area contributed by atoms with Crippen molar-refractivity contribution in [3.63, 3.8) is 0 Å². The van der Waals surface area contributed by atoms with Crippen molar-refractivity contribution in [2.75, 3.05) is 0 Å². The fourth-order valence-electron chi connectivity index (χ4n) is 3.60. The molecule has 1 aromatic heterocycles. The van der Waals surface area contributed by atoms with Gasteiger partial charge in [-0.1, -0.05) is 42.5 Å². The molecule has 31 heavy (non-hydrogen) atoms. The third kappa shape index (κ3) is 4.77. The molecule has 0 saturated carbocycles. The molecule has 2 heterocycles. The zero-order chi connectivity index (χ0) is 21.8. The first kappa shape index (κ1) is 20.7. The summed E-state index contributed by atoms with van der Waals surface area (Å²) in [5.41, 5.74) is 5.07. The van der Waals surface area contributed by atoms with Crippen molar-refractivity contribution in [3.05, 3.63) is 82.7 Å². The van der Waals surface area contributed by atoms with E-state index in [1.807, 2.05) is 68.4 Å². The van der Waals surface area contributed by atoms with Gasteiger partial charge >= 0.3 is 0 Å². The standard InChI is InChI=1S/C24H26N4O3/c1-16-22(17(2)26-25-16)12-13-23-27-28(18(3)29)24(31-23)20-10-7-11-21(14-20)30-15-19-8-5-4-6-9-19/h4-11,14,24H,12-13,15H2,1-3H3,(H,25,26). The molecule has 7 heteroatoms. The molecule has 0 spiro atoms. The molecule has 1 aliphatic heterocycles. The lowest BCUT2D eigenvalue weighted by Crippen LogP contribution is -2.25. The largest absolute Gasteiger partial charge is 0.489 e. The molecule has 0 fully saturated rings. The summed E-state index contributed by atoms with van der Waals surface area (Å²) in [6, 6.07) is 17.6. The molecule has 4 rings (SSSR count). The maximum absolute atomic E-state index is 12.2. The zero-order valence-electron chi connectivity index (χ0n) is 18.0. The van der Waals surface area contributed by atoms with Gasteiger partial charge in [0.15, 0.2) is 0 Å². The summed E-state index contributed by atoms with van der Waals surface area (Å²) in [5.74, 6) is 1.08. The van der Waals surface area contributed by atoms with E-state index in [9.17, 15) is 4.79 Å². The molecular weight excluding hydrogens is 392 g/mol. The number of carbonyl (C=O) groups is 1. The predicted molar refractivity (Wildman–Crippen MR) is 117 cm³/mol. The van der Waals surface area contributed by atoms with Gasteiger partial charge in [0.2, 0.25) is 18.0 Å². The molecule has 1 N–H and O–H groups in total. The number of rotatable bonds is 7. The third-order valence-electron chi connectivity index (χ3n) is 5.27. The average Bonchev–Trinajstić information content (AvgIpc) is 3.35. The quantitative estimate of drug-likeness (QED) is 0.616. The molecule has 0 aliphatic carbocycles. The van der Waals surface area contributed by atoms with Crippen LogP contribution in [0.2, 0.25) is 0 Å². The van der Waals surface area contributed by atoms with Gasteiger partial charge in [0.1, 0.15) is 12.4 Å². The SMILES string of the molecule is CC(=O)N1N=C(CCc2c(C)n[nH]c2C)OC1c1cccc(OCc2ccccc2)c1. The minimum absolute atomic E-state index is 0.175. The third-order valence-corrected chi connectivity index (χ3v) is 5.27. The van der Waals surface area contributed by atoms with Gasteiger partial charge in [-0.05, 0) is 43.5 Å². The van der Waals surface area contributed by atoms with Gasteiger partial charge in [-0.3, -0.25) is 9.89 Å². The lowest BCUT2D eigenvalue weighted by molar-refractivity contribution is -0.135. The van der Waals surface area contributed by atoms with Crippen LogP contribution < -0.4 is 4.74 Å². The lowest BCUT2D eigenvalue weighted by atomic mass is 10.1. The van der Waals surface area contributed by atoms with Crippen molar-refractivity contribution in [1.82, 2.24) is 15.2 Å². The van der Waals surface area contributed by atoms with E-state index in [-0.39, 0.29) is 5.91 Å². The van der Waals surface area contributed by atoms with Crippen LogP contribution in [0.1, 0.15) is 47.7 Å². The molecule has 0 radical (unpaired) electrons. The van der Waals surface area contributed by atoms with E-state index >= 15 is 0 Å². The molecule has 3 aromatic rings. The van der Waals surface area contributed by atoms with Crippen molar-refractivity contribution in [2.24, 2.45) is 5.10 Å². The van der Waals surface area contributed by atoms with Gasteiger partial charge < -0.3 is 9.47 Å². The van der Waals surface area contributed by atoms with Gasteiger partial charge in [-0.25, -0.2) is 0 Å². The number of H-pyrrole nitrogens is 1. The van der Waals surface area contributed by atoms with Crippen LogP contribution in [0.3, 0.4) is 0 Å². The van der Waals surface area contributed by atoms with E-state index in [1.54, 1.807) is 0 Å². The number of carbonyl (C=O) groups excluding carboxylic acids is 1. The number of aromatic nitrogens is 2. The summed E-state index contributed by atoms with van der Waals surface area (Å²) >= 11 is 0. The van der Waals surface area contributed by atoms with E-state index in [2.05, 4.69) is 15.3 Å². The number of benzene rings is 2. The topological polar surface area (TPSA) is 79.8 Å². The number of aromatic amines is 1. The normalized spacial score (nSPS) is 15.5. The molecule has 1 unspecified atom stereocenters. The fraction of sp³-hybridized carbons (Fsp3) is 0.292. The smallest absolute Gasteiger partial charge is 0.243 e. The highest BCUT2D eigenvalue weighted by atomic mass is 16.5. The second-order valence-electron chi connectivity index (χ2n) is 7.59. The van der Waals surface area contributed by atoms with Crippen molar-refractivity contribution in [1.29, 1.82) is 0 Å². The molecule has 0 bridgehead atoms. The highest BCUT2D eigenvalue weighted by Crippen LogP contribution is 2.31. The van der Waals surface area contributed by atoms with Gasteiger partial charge in [0.05, 0.1) is 5.69 Å². The maximum atomic E-state index is 12.2. The molecule has 7 nitrogen and oxygen atoms in total. The van der Waals surface area contributed by atoms with Crippen LogP contribution in [-0.2, 0) is 22.6 Å². The first-order valence-electron chi connectivity index (χ1n) is 10.3. The summed E-state index contributed by atoms with van der Waals surface area (Å²) in [6.07, 6.45) is 0.733. The molecule has 1 atom stereocenters. The van der Waals surface area contributed by atoms with Crippen LogP contribution in [0.15, 0.2) is 59.7 Å². The second kappa shape index (κ2) is 9.04. The number of ether oxygens (including phenoxy) is 2. The number of nitrogens with zero attached hydrogens (tertiary/aromatic N) is 3. The van der Waals surface area contributed by atoms with Crippen LogP contribution >= 0.6 is 0 Å². The summed E-state index contributed by atoms with van der Waals surface area (Å²) < 4.78 is 12.0.